The van der Waals surface area contributed by atoms with Gasteiger partial charge in [-0.25, -0.2) is 9.50 Å². The van der Waals surface area contributed by atoms with Gasteiger partial charge in [-0.2, -0.15) is 0 Å². The van der Waals surface area contributed by atoms with E-state index in [9.17, 15) is 0 Å². The molecule has 0 N–H and O–H groups in total. The number of nitrogens with zero attached hydrogens (tertiary/aromatic N) is 4. The minimum Gasteiger partial charge on any atom is -0.380 e. The van der Waals surface area contributed by atoms with Crippen molar-refractivity contribution < 1.29 is 4.74 Å². The highest BCUT2D eigenvalue weighted by Gasteiger charge is 2.10. The third-order valence-electron chi connectivity index (χ3n) is 3.89. The summed E-state index contributed by atoms with van der Waals surface area (Å²) in [7, 11) is 3.73. The number of pyridine rings is 1. The molecule has 0 radical (unpaired) electrons. The molecule has 3 aromatic heterocycles. The summed E-state index contributed by atoms with van der Waals surface area (Å²) in [5.41, 5.74) is 4.09. The number of hydrogen-bond donors (Lipinski definition) is 0. The Kier molecular flexibility index (Phi) is 2.94. The van der Waals surface area contributed by atoms with Gasteiger partial charge >= 0.3 is 0 Å². The van der Waals surface area contributed by atoms with Crippen LogP contribution in [0.3, 0.4) is 0 Å². The predicted octanol–water partition coefficient (Wildman–Crippen LogP) is 3.03. The summed E-state index contributed by atoms with van der Waals surface area (Å²) in [6.45, 7) is 0.528. The summed E-state index contributed by atoms with van der Waals surface area (Å²) >= 11 is 0. The molecular weight excluding hydrogens is 276 g/mol. The number of aromatic nitrogens is 4. The first kappa shape index (κ1) is 13.0. The fourth-order valence-corrected chi connectivity index (χ4v) is 2.77. The Morgan fingerprint density at radius 2 is 2.05 bits per heavy atom. The maximum atomic E-state index is 5.23. The summed E-state index contributed by atoms with van der Waals surface area (Å²) in [6.07, 6.45) is 3.97. The molecule has 0 amide bonds. The van der Waals surface area contributed by atoms with Crippen LogP contribution in [0.1, 0.15) is 5.56 Å². The second kappa shape index (κ2) is 4.96. The summed E-state index contributed by atoms with van der Waals surface area (Å²) in [6, 6.07) is 12.4. The Bertz CT molecular complexity index is 967. The van der Waals surface area contributed by atoms with Crippen molar-refractivity contribution in [3.05, 3.63) is 54.4 Å². The van der Waals surface area contributed by atoms with E-state index in [0.717, 1.165) is 22.6 Å². The zero-order valence-corrected chi connectivity index (χ0v) is 12.5. The van der Waals surface area contributed by atoms with Crippen LogP contribution in [0.5, 0.6) is 0 Å². The number of rotatable bonds is 3. The second-order valence-corrected chi connectivity index (χ2v) is 5.37. The van der Waals surface area contributed by atoms with Gasteiger partial charge in [0.2, 0.25) is 0 Å². The van der Waals surface area contributed by atoms with Crippen molar-refractivity contribution in [2.24, 2.45) is 7.05 Å². The Balaban J connectivity index is 1.86. The number of ether oxygens (including phenoxy) is 1. The SMILES string of the molecule is COCc1cccn2nc(-c3ccc4c(ccn4C)c3)nc12. The van der Waals surface area contributed by atoms with Crippen LogP contribution >= 0.6 is 0 Å². The Hall–Kier alpha value is -2.66. The van der Waals surface area contributed by atoms with E-state index < -0.39 is 0 Å². The van der Waals surface area contributed by atoms with Crippen LogP contribution in [-0.2, 0) is 18.4 Å². The van der Waals surface area contributed by atoms with Gasteiger partial charge in [0, 0.05) is 48.6 Å². The molecule has 0 atom stereocenters. The minimum absolute atomic E-state index is 0.528. The van der Waals surface area contributed by atoms with Crippen LogP contribution < -0.4 is 0 Å². The standard InChI is InChI=1S/C17H16N4O/c1-20-9-7-12-10-13(5-6-15(12)20)16-18-17-14(11-22-2)4-3-8-21(17)19-16/h3-10H,11H2,1-2H3. The molecule has 3 heterocycles. The topological polar surface area (TPSA) is 44.4 Å². The molecule has 0 spiro atoms. The largest absolute Gasteiger partial charge is 0.380 e. The van der Waals surface area contributed by atoms with Crippen LogP contribution in [0.4, 0.5) is 0 Å². The van der Waals surface area contributed by atoms with E-state index in [4.69, 9.17) is 4.74 Å². The fraction of sp³-hybridized carbons (Fsp3) is 0.176. The van der Waals surface area contributed by atoms with Crippen molar-refractivity contribution in [2.45, 2.75) is 6.61 Å². The van der Waals surface area contributed by atoms with Crippen molar-refractivity contribution >= 4 is 16.6 Å². The average Bonchev–Trinajstić information content (AvgIpc) is 3.12. The monoisotopic (exact) mass is 292 g/mol. The van der Waals surface area contributed by atoms with Crippen LogP contribution in [0.2, 0.25) is 0 Å². The highest BCUT2D eigenvalue weighted by molar-refractivity contribution is 5.84. The van der Waals surface area contributed by atoms with E-state index in [-0.39, 0.29) is 0 Å². The van der Waals surface area contributed by atoms with Crippen LogP contribution in [0, 0.1) is 0 Å². The maximum absolute atomic E-state index is 5.23. The van der Waals surface area contributed by atoms with Gasteiger partial charge in [-0.05, 0) is 30.3 Å². The lowest BCUT2D eigenvalue weighted by atomic mass is 10.1. The molecule has 1 aromatic carbocycles. The molecule has 110 valence electrons. The molecule has 5 nitrogen and oxygen atoms in total. The zero-order valence-electron chi connectivity index (χ0n) is 12.5. The van der Waals surface area contributed by atoms with E-state index >= 15 is 0 Å². The first-order valence-electron chi connectivity index (χ1n) is 7.15. The van der Waals surface area contributed by atoms with Gasteiger partial charge in [0.15, 0.2) is 11.5 Å². The van der Waals surface area contributed by atoms with Crippen molar-refractivity contribution in [3.8, 4) is 11.4 Å². The minimum atomic E-state index is 0.528. The van der Waals surface area contributed by atoms with Gasteiger partial charge in [-0.1, -0.05) is 6.07 Å². The first-order chi connectivity index (χ1) is 10.8. The van der Waals surface area contributed by atoms with Crippen molar-refractivity contribution in [2.75, 3.05) is 7.11 Å². The quantitative estimate of drug-likeness (QED) is 0.583. The lowest BCUT2D eigenvalue weighted by molar-refractivity contribution is 0.185. The molecule has 0 aliphatic rings. The Morgan fingerprint density at radius 3 is 2.91 bits per heavy atom. The summed E-state index contributed by atoms with van der Waals surface area (Å²) in [4.78, 5) is 4.68. The predicted molar refractivity (Wildman–Crippen MR) is 85.6 cm³/mol. The van der Waals surface area contributed by atoms with Gasteiger partial charge in [0.1, 0.15) is 0 Å². The normalized spacial score (nSPS) is 11.5. The van der Waals surface area contributed by atoms with E-state index in [2.05, 4.69) is 45.1 Å². The van der Waals surface area contributed by atoms with Gasteiger partial charge < -0.3 is 9.30 Å². The van der Waals surface area contributed by atoms with Crippen molar-refractivity contribution in [1.29, 1.82) is 0 Å². The van der Waals surface area contributed by atoms with Crippen molar-refractivity contribution in [1.82, 2.24) is 19.2 Å². The van der Waals surface area contributed by atoms with E-state index in [0.29, 0.717) is 6.61 Å². The fourth-order valence-electron chi connectivity index (χ4n) is 2.77. The molecule has 0 fully saturated rings. The highest BCUT2D eigenvalue weighted by atomic mass is 16.5. The van der Waals surface area contributed by atoms with Crippen LogP contribution in [-0.4, -0.2) is 26.3 Å². The Morgan fingerprint density at radius 1 is 1.14 bits per heavy atom. The summed E-state index contributed by atoms with van der Waals surface area (Å²) in [5, 5.41) is 5.77. The molecule has 0 saturated heterocycles. The molecular formula is C17H16N4O. The average molecular weight is 292 g/mol. The molecule has 0 bridgehead atoms. The van der Waals surface area contributed by atoms with Gasteiger partial charge in [-0.3, -0.25) is 0 Å². The molecule has 4 rings (SSSR count). The number of fused-ring (bicyclic) bond motifs is 2. The third-order valence-corrected chi connectivity index (χ3v) is 3.89. The first-order valence-corrected chi connectivity index (χ1v) is 7.15. The molecule has 4 aromatic rings. The summed E-state index contributed by atoms with van der Waals surface area (Å²) in [5.74, 6) is 0.731. The van der Waals surface area contributed by atoms with E-state index in [1.807, 2.05) is 25.4 Å². The number of benzene rings is 1. The lowest BCUT2D eigenvalue weighted by Crippen LogP contribution is -1.94. The number of hydrogen-bond acceptors (Lipinski definition) is 3. The molecule has 0 unspecified atom stereocenters. The van der Waals surface area contributed by atoms with Gasteiger partial charge in [0.25, 0.3) is 0 Å². The lowest BCUT2D eigenvalue weighted by Gasteiger charge is -1.99. The van der Waals surface area contributed by atoms with Crippen molar-refractivity contribution in [3.63, 3.8) is 0 Å². The van der Waals surface area contributed by atoms with E-state index in [1.54, 1.807) is 11.6 Å². The molecule has 0 aliphatic heterocycles. The highest BCUT2D eigenvalue weighted by Crippen LogP contribution is 2.23. The number of aryl methyl sites for hydroxylation is 1. The molecule has 0 saturated carbocycles. The Labute approximate surface area is 127 Å². The van der Waals surface area contributed by atoms with Gasteiger partial charge in [0.05, 0.1) is 6.61 Å². The third kappa shape index (κ3) is 1.98. The van der Waals surface area contributed by atoms with Crippen LogP contribution in [0.15, 0.2) is 48.8 Å². The summed E-state index contributed by atoms with van der Waals surface area (Å²) < 4.78 is 9.14. The number of methoxy groups -OCH3 is 1. The second-order valence-electron chi connectivity index (χ2n) is 5.37. The van der Waals surface area contributed by atoms with Gasteiger partial charge in [-0.15, -0.1) is 5.10 Å². The van der Waals surface area contributed by atoms with E-state index in [1.165, 1.54) is 10.9 Å². The zero-order chi connectivity index (χ0) is 15.1. The molecule has 22 heavy (non-hydrogen) atoms. The smallest absolute Gasteiger partial charge is 0.182 e. The molecule has 5 heteroatoms. The maximum Gasteiger partial charge on any atom is 0.182 e. The molecule has 0 aliphatic carbocycles. The van der Waals surface area contributed by atoms with Crippen LogP contribution in [0.25, 0.3) is 27.9 Å².